The fourth-order valence-corrected chi connectivity index (χ4v) is 7.38. The zero-order valence-corrected chi connectivity index (χ0v) is 21.5. The van der Waals surface area contributed by atoms with Crippen LogP contribution in [-0.4, -0.2) is 72.2 Å². The minimum absolute atomic E-state index is 0.110. The molecular weight excluding hydrogens is 458 g/mol. The summed E-state index contributed by atoms with van der Waals surface area (Å²) in [6.45, 7) is 6.95. The van der Waals surface area contributed by atoms with Crippen molar-refractivity contribution >= 4 is 23.7 Å². The number of carbonyl (C=O) groups excluding carboxylic acids is 3. The molecule has 2 N–H and O–H groups in total. The van der Waals surface area contributed by atoms with Crippen LogP contribution in [0.4, 0.5) is 10.6 Å². The van der Waals surface area contributed by atoms with Gasteiger partial charge >= 0.3 is 12.0 Å². The summed E-state index contributed by atoms with van der Waals surface area (Å²) in [5.41, 5.74) is 0.329. The average molecular weight is 498 g/mol. The van der Waals surface area contributed by atoms with Crippen LogP contribution in [0.3, 0.4) is 0 Å². The van der Waals surface area contributed by atoms with Gasteiger partial charge in [-0.3, -0.25) is 15.0 Å². The number of anilines is 1. The SMILES string of the molecule is CCOC(=O)c1ccc(N2CCCN(C(C)C(=O)NC(=O)NC34CC5CC(CC(C5)C3)C4)CC2)nc1. The van der Waals surface area contributed by atoms with Crippen LogP contribution in [0.15, 0.2) is 18.3 Å². The van der Waals surface area contributed by atoms with Crippen molar-refractivity contribution in [2.75, 3.05) is 37.7 Å². The lowest BCUT2D eigenvalue weighted by Crippen LogP contribution is -2.62. The number of rotatable bonds is 6. The van der Waals surface area contributed by atoms with E-state index in [4.69, 9.17) is 4.74 Å². The molecular formula is C27H39N5O4. The summed E-state index contributed by atoms with van der Waals surface area (Å²) >= 11 is 0. The Labute approximate surface area is 213 Å². The Hall–Kier alpha value is -2.68. The molecule has 1 aromatic rings. The molecule has 1 saturated heterocycles. The van der Waals surface area contributed by atoms with Gasteiger partial charge in [0.2, 0.25) is 5.91 Å². The van der Waals surface area contributed by atoms with Crippen molar-refractivity contribution in [2.24, 2.45) is 17.8 Å². The fourth-order valence-electron chi connectivity index (χ4n) is 7.38. The van der Waals surface area contributed by atoms with E-state index in [2.05, 4.69) is 25.4 Å². The summed E-state index contributed by atoms with van der Waals surface area (Å²) in [5, 5.41) is 5.88. The lowest BCUT2D eigenvalue weighted by atomic mass is 9.53. The number of hydrogen-bond donors (Lipinski definition) is 2. The zero-order valence-electron chi connectivity index (χ0n) is 21.5. The number of nitrogens with zero attached hydrogens (tertiary/aromatic N) is 3. The maximum atomic E-state index is 13.0. The van der Waals surface area contributed by atoms with E-state index < -0.39 is 6.04 Å². The molecule has 196 valence electrons. The first-order valence-electron chi connectivity index (χ1n) is 13.6. The van der Waals surface area contributed by atoms with Crippen LogP contribution in [0, 0.1) is 17.8 Å². The number of imide groups is 1. The number of ether oxygens (including phenoxy) is 1. The minimum Gasteiger partial charge on any atom is -0.462 e. The Morgan fingerprint density at radius 1 is 1.06 bits per heavy atom. The van der Waals surface area contributed by atoms with Crippen LogP contribution >= 0.6 is 0 Å². The van der Waals surface area contributed by atoms with Gasteiger partial charge in [-0.05, 0) is 88.7 Å². The van der Waals surface area contributed by atoms with E-state index in [1.807, 2.05) is 13.0 Å². The van der Waals surface area contributed by atoms with Gasteiger partial charge in [-0.1, -0.05) is 0 Å². The quantitative estimate of drug-likeness (QED) is 0.583. The topological polar surface area (TPSA) is 104 Å². The zero-order chi connectivity index (χ0) is 25.3. The Morgan fingerprint density at radius 2 is 1.75 bits per heavy atom. The molecule has 6 rings (SSSR count). The van der Waals surface area contributed by atoms with E-state index in [9.17, 15) is 14.4 Å². The smallest absolute Gasteiger partial charge is 0.339 e. The summed E-state index contributed by atoms with van der Waals surface area (Å²) in [4.78, 5) is 46.4. The number of amides is 3. The van der Waals surface area contributed by atoms with Crippen molar-refractivity contribution in [3.8, 4) is 0 Å². The number of nitrogens with one attached hydrogen (secondary N) is 2. The van der Waals surface area contributed by atoms with Crippen molar-refractivity contribution in [3.63, 3.8) is 0 Å². The third-order valence-corrected chi connectivity index (χ3v) is 8.69. The fraction of sp³-hybridized carbons (Fsp3) is 0.704. The molecule has 2 heterocycles. The van der Waals surface area contributed by atoms with Gasteiger partial charge in [0.25, 0.3) is 0 Å². The number of esters is 1. The second-order valence-corrected chi connectivity index (χ2v) is 11.3. The standard InChI is InChI=1S/C27H39N5O4/c1-3-36-25(34)22-5-6-23(28-17-22)32-8-4-7-31(9-10-32)18(2)24(33)29-26(35)30-27-14-19-11-20(15-27)13-21(12-19)16-27/h5-6,17-21H,3-4,7-16H2,1-2H3,(H2,29,30,33,35). The third kappa shape index (κ3) is 5.36. The molecule has 1 aromatic heterocycles. The molecule has 1 unspecified atom stereocenters. The van der Waals surface area contributed by atoms with Crippen molar-refractivity contribution in [2.45, 2.75) is 70.4 Å². The Morgan fingerprint density at radius 3 is 2.36 bits per heavy atom. The molecule has 4 saturated carbocycles. The van der Waals surface area contributed by atoms with Crippen LogP contribution in [0.5, 0.6) is 0 Å². The molecule has 4 aliphatic carbocycles. The molecule has 4 bridgehead atoms. The highest BCUT2D eigenvalue weighted by Gasteiger charge is 2.51. The minimum atomic E-state index is -0.397. The maximum Gasteiger partial charge on any atom is 0.339 e. The molecule has 36 heavy (non-hydrogen) atoms. The lowest BCUT2D eigenvalue weighted by molar-refractivity contribution is -0.124. The van der Waals surface area contributed by atoms with Crippen molar-refractivity contribution in [3.05, 3.63) is 23.9 Å². The van der Waals surface area contributed by atoms with Gasteiger partial charge in [0.15, 0.2) is 0 Å². The van der Waals surface area contributed by atoms with E-state index in [-0.39, 0.29) is 23.4 Å². The number of urea groups is 1. The highest BCUT2D eigenvalue weighted by molar-refractivity contribution is 5.97. The molecule has 0 aromatic carbocycles. The van der Waals surface area contributed by atoms with Gasteiger partial charge in [-0.2, -0.15) is 0 Å². The first-order valence-corrected chi connectivity index (χ1v) is 13.6. The average Bonchev–Trinajstić information content (AvgIpc) is 3.09. The molecule has 1 atom stereocenters. The molecule has 9 nitrogen and oxygen atoms in total. The van der Waals surface area contributed by atoms with Gasteiger partial charge in [-0.25, -0.2) is 14.6 Å². The van der Waals surface area contributed by atoms with Crippen LogP contribution in [0.2, 0.25) is 0 Å². The monoisotopic (exact) mass is 497 g/mol. The predicted octanol–water partition coefficient (Wildman–Crippen LogP) is 2.95. The van der Waals surface area contributed by atoms with Crippen LogP contribution < -0.4 is 15.5 Å². The highest BCUT2D eigenvalue weighted by Crippen LogP contribution is 2.55. The Bertz CT molecular complexity index is 946. The van der Waals surface area contributed by atoms with E-state index >= 15 is 0 Å². The Balaban J connectivity index is 1.12. The summed E-state index contributed by atoms with van der Waals surface area (Å²) in [7, 11) is 0. The molecule has 5 fully saturated rings. The third-order valence-electron chi connectivity index (χ3n) is 8.69. The van der Waals surface area contributed by atoms with Gasteiger partial charge in [0.1, 0.15) is 5.82 Å². The Kier molecular flexibility index (Phi) is 7.19. The lowest BCUT2D eigenvalue weighted by Gasteiger charge is -2.56. The maximum absolute atomic E-state index is 13.0. The number of pyridine rings is 1. The first-order chi connectivity index (χ1) is 17.3. The van der Waals surface area contributed by atoms with E-state index in [0.717, 1.165) is 62.3 Å². The highest BCUT2D eigenvalue weighted by atomic mass is 16.5. The number of hydrogen-bond acceptors (Lipinski definition) is 7. The number of carbonyl (C=O) groups is 3. The van der Waals surface area contributed by atoms with E-state index in [0.29, 0.717) is 25.3 Å². The van der Waals surface area contributed by atoms with Gasteiger partial charge in [0, 0.05) is 37.9 Å². The van der Waals surface area contributed by atoms with Gasteiger partial charge in [-0.15, -0.1) is 0 Å². The second-order valence-electron chi connectivity index (χ2n) is 11.3. The van der Waals surface area contributed by atoms with Gasteiger partial charge < -0.3 is 15.0 Å². The van der Waals surface area contributed by atoms with Crippen molar-refractivity contribution in [1.82, 2.24) is 20.5 Å². The first kappa shape index (κ1) is 25.0. The van der Waals surface area contributed by atoms with Crippen LogP contribution in [0.25, 0.3) is 0 Å². The normalized spacial score (nSPS) is 30.4. The molecule has 3 amide bonds. The van der Waals surface area contributed by atoms with Crippen LogP contribution in [-0.2, 0) is 9.53 Å². The summed E-state index contributed by atoms with van der Waals surface area (Å²) in [6.07, 6.45) is 9.56. The molecule has 0 spiro atoms. The summed E-state index contributed by atoms with van der Waals surface area (Å²) in [5.74, 6) is 2.40. The van der Waals surface area contributed by atoms with Gasteiger partial charge in [0.05, 0.1) is 18.2 Å². The number of aromatic nitrogens is 1. The summed E-state index contributed by atoms with van der Waals surface area (Å²) < 4.78 is 5.03. The van der Waals surface area contributed by atoms with Crippen LogP contribution in [0.1, 0.15) is 69.2 Å². The molecule has 0 radical (unpaired) electrons. The van der Waals surface area contributed by atoms with Crippen molar-refractivity contribution in [1.29, 1.82) is 0 Å². The summed E-state index contributed by atoms with van der Waals surface area (Å²) in [6, 6.07) is 2.84. The molecule has 1 aliphatic heterocycles. The molecule has 5 aliphatic rings. The van der Waals surface area contributed by atoms with E-state index in [1.165, 1.54) is 19.3 Å². The second kappa shape index (κ2) is 10.4. The van der Waals surface area contributed by atoms with Crippen molar-refractivity contribution < 1.29 is 19.1 Å². The molecule has 9 heteroatoms. The predicted molar refractivity (Wildman–Crippen MR) is 136 cm³/mol. The largest absolute Gasteiger partial charge is 0.462 e. The van der Waals surface area contributed by atoms with E-state index in [1.54, 1.807) is 19.2 Å².